The van der Waals surface area contributed by atoms with Crippen molar-refractivity contribution in [2.24, 2.45) is 0 Å². The minimum absolute atomic E-state index is 0.0577. The van der Waals surface area contributed by atoms with E-state index in [2.05, 4.69) is 26.0 Å². The Labute approximate surface area is 186 Å². The van der Waals surface area contributed by atoms with Gasteiger partial charge in [-0.2, -0.15) is 0 Å². The molecule has 0 spiro atoms. The van der Waals surface area contributed by atoms with E-state index in [1.807, 2.05) is 24.3 Å². The highest BCUT2D eigenvalue weighted by atomic mass is 79.9. The van der Waals surface area contributed by atoms with Gasteiger partial charge in [0.15, 0.2) is 0 Å². The summed E-state index contributed by atoms with van der Waals surface area (Å²) in [5.41, 5.74) is 0.195. The van der Waals surface area contributed by atoms with Crippen molar-refractivity contribution >= 4 is 31.9 Å². The Morgan fingerprint density at radius 2 is 1.83 bits per heavy atom. The third-order valence-electron chi connectivity index (χ3n) is 5.09. The maximum absolute atomic E-state index is 13.1. The molecule has 0 aromatic heterocycles. The first-order valence-electron chi connectivity index (χ1n) is 9.76. The third kappa shape index (κ3) is 4.87. The van der Waals surface area contributed by atoms with Crippen molar-refractivity contribution in [1.29, 1.82) is 0 Å². The second kappa shape index (κ2) is 8.32. The molecule has 2 aromatic carbocycles. The van der Waals surface area contributed by atoms with E-state index in [1.54, 1.807) is 26.8 Å². The van der Waals surface area contributed by atoms with Gasteiger partial charge in [0, 0.05) is 15.6 Å². The van der Waals surface area contributed by atoms with Gasteiger partial charge in [0.1, 0.15) is 10.6 Å². The van der Waals surface area contributed by atoms with Gasteiger partial charge < -0.3 is 10.1 Å². The largest absolute Gasteiger partial charge is 0.495 e. The third-order valence-corrected chi connectivity index (χ3v) is 7.37. The summed E-state index contributed by atoms with van der Waals surface area (Å²) in [6.07, 6.45) is 2.69. The van der Waals surface area contributed by atoms with E-state index in [-0.39, 0.29) is 22.1 Å². The normalized spacial score (nSPS) is 15.9. The van der Waals surface area contributed by atoms with Gasteiger partial charge in [-0.25, -0.2) is 13.1 Å². The Morgan fingerprint density at radius 3 is 2.37 bits per heavy atom. The molecule has 6 nitrogen and oxygen atoms in total. The molecule has 30 heavy (non-hydrogen) atoms. The van der Waals surface area contributed by atoms with Crippen molar-refractivity contribution in [1.82, 2.24) is 10.0 Å². The number of methoxy groups -OCH3 is 1. The molecule has 0 atom stereocenters. The summed E-state index contributed by atoms with van der Waals surface area (Å²) in [6, 6.07) is 12.4. The van der Waals surface area contributed by atoms with Crippen molar-refractivity contribution in [3.8, 4) is 5.75 Å². The van der Waals surface area contributed by atoms with Gasteiger partial charge in [0.25, 0.3) is 5.91 Å². The predicted octanol–water partition coefficient (Wildman–Crippen LogP) is 4.34. The first kappa shape index (κ1) is 22.8. The number of ether oxygens (including phenoxy) is 1. The smallest absolute Gasteiger partial charge is 0.252 e. The Hall–Kier alpha value is -1.90. The molecular weight excluding hydrogens is 468 g/mol. The highest BCUT2D eigenvalue weighted by Crippen LogP contribution is 2.42. The molecule has 1 amide bonds. The number of rotatable bonds is 6. The summed E-state index contributed by atoms with van der Waals surface area (Å²) in [5.74, 6) is -0.127. The number of benzene rings is 2. The van der Waals surface area contributed by atoms with Crippen molar-refractivity contribution in [3.05, 3.63) is 58.1 Å². The maximum atomic E-state index is 13.1. The van der Waals surface area contributed by atoms with E-state index in [9.17, 15) is 13.2 Å². The molecule has 0 radical (unpaired) electrons. The number of hydrogen-bond acceptors (Lipinski definition) is 4. The van der Waals surface area contributed by atoms with Crippen molar-refractivity contribution in [2.75, 3.05) is 7.11 Å². The van der Waals surface area contributed by atoms with Gasteiger partial charge in [-0.3, -0.25) is 4.79 Å². The number of carbonyl (C=O) groups excluding carboxylic acids is 1. The lowest BCUT2D eigenvalue weighted by Gasteiger charge is -2.43. The fourth-order valence-electron chi connectivity index (χ4n) is 3.58. The minimum Gasteiger partial charge on any atom is -0.495 e. The average Bonchev–Trinajstić information content (AvgIpc) is 2.62. The lowest BCUT2D eigenvalue weighted by atomic mass is 9.71. The summed E-state index contributed by atoms with van der Waals surface area (Å²) in [5, 5.41) is 3.14. The molecule has 1 aliphatic carbocycles. The standard InChI is InChI=1S/C22H27BrN2O4S/c1-21(2,3)25-30(27,28)19-13-15(9-10-18(19)29-4)20(26)24-22(11-6-12-22)16-7-5-8-17(23)14-16/h5,7-10,13-14,25H,6,11-12H2,1-4H3,(H,24,26). The fourth-order valence-corrected chi connectivity index (χ4v) is 5.59. The topological polar surface area (TPSA) is 84.5 Å². The molecular formula is C22H27BrN2O4S. The van der Waals surface area contributed by atoms with Gasteiger partial charge in [-0.15, -0.1) is 0 Å². The van der Waals surface area contributed by atoms with Crippen LogP contribution in [0.2, 0.25) is 0 Å². The zero-order valence-electron chi connectivity index (χ0n) is 17.6. The summed E-state index contributed by atoms with van der Waals surface area (Å²) >= 11 is 3.49. The SMILES string of the molecule is COc1ccc(C(=O)NC2(c3cccc(Br)c3)CCC2)cc1S(=O)(=O)NC(C)(C)C. The maximum Gasteiger partial charge on any atom is 0.252 e. The number of hydrogen-bond donors (Lipinski definition) is 2. The Kier molecular flexibility index (Phi) is 6.32. The van der Waals surface area contributed by atoms with Gasteiger partial charge in [0.05, 0.1) is 12.6 Å². The van der Waals surface area contributed by atoms with E-state index in [0.717, 1.165) is 29.3 Å². The molecule has 0 aliphatic heterocycles. The van der Waals surface area contributed by atoms with Crippen LogP contribution in [-0.2, 0) is 15.6 Å². The van der Waals surface area contributed by atoms with Gasteiger partial charge >= 0.3 is 0 Å². The van der Waals surface area contributed by atoms with Crippen LogP contribution in [0, 0.1) is 0 Å². The van der Waals surface area contributed by atoms with Crippen LogP contribution < -0.4 is 14.8 Å². The highest BCUT2D eigenvalue weighted by Gasteiger charge is 2.40. The summed E-state index contributed by atoms with van der Waals surface area (Å²) < 4.78 is 34.6. The molecule has 2 aromatic rings. The Bertz CT molecular complexity index is 1060. The second-order valence-electron chi connectivity index (χ2n) is 8.62. The van der Waals surface area contributed by atoms with Gasteiger partial charge in [-0.1, -0.05) is 28.1 Å². The van der Waals surface area contributed by atoms with E-state index in [4.69, 9.17) is 4.74 Å². The van der Waals surface area contributed by atoms with Crippen LogP contribution in [0.15, 0.2) is 51.8 Å². The number of amides is 1. The first-order chi connectivity index (χ1) is 14.0. The summed E-state index contributed by atoms with van der Waals surface area (Å²) in [7, 11) is -2.47. The van der Waals surface area contributed by atoms with Gasteiger partial charge in [-0.05, 0) is 75.9 Å². The van der Waals surface area contributed by atoms with Crippen LogP contribution in [0.3, 0.4) is 0 Å². The van der Waals surface area contributed by atoms with Crippen LogP contribution in [0.25, 0.3) is 0 Å². The lowest BCUT2D eigenvalue weighted by molar-refractivity contribution is 0.0823. The van der Waals surface area contributed by atoms with Crippen molar-refractivity contribution in [3.63, 3.8) is 0 Å². The van der Waals surface area contributed by atoms with E-state index in [1.165, 1.54) is 19.2 Å². The minimum atomic E-state index is -3.87. The van der Waals surface area contributed by atoms with Crippen LogP contribution >= 0.6 is 15.9 Å². The predicted molar refractivity (Wildman–Crippen MR) is 120 cm³/mol. The van der Waals surface area contributed by atoms with Crippen LogP contribution in [0.5, 0.6) is 5.75 Å². The summed E-state index contributed by atoms with van der Waals surface area (Å²) in [4.78, 5) is 13.0. The van der Waals surface area contributed by atoms with E-state index >= 15 is 0 Å². The molecule has 1 saturated carbocycles. The molecule has 1 aliphatic rings. The van der Waals surface area contributed by atoms with E-state index < -0.39 is 21.1 Å². The molecule has 0 unspecified atom stereocenters. The van der Waals surface area contributed by atoms with Crippen LogP contribution in [-0.4, -0.2) is 27.0 Å². The average molecular weight is 495 g/mol. The first-order valence-corrected chi connectivity index (χ1v) is 12.0. The van der Waals surface area contributed by atoms with Crippen molar-refractivity contribution < 1.29 is 17.9 Å². The lowest BCUT2D eigenvalue weighted by Crippen LogP contribution is -2.50. The number of sulfonamides is 1. The molecule has 8 heteroatoms. The number of carbonyl (C=O) groups is 1. The highest BCUT2D eigenvalue weighted by molar-refractivity contribution is 9.10. The van der Waals surface area contributed by atoms with E-state index in [0.29, 0.717) is 0 Å². The Morgan fingerprint density at radius 1 is 1.13 bits per heavy atom. The van der Waals surface area contributed by atoms with Crippen molar-refractivity contribution in [2.45, 2.75) is 56.0 Å². The molecule has 0 bridgehead atoms. The number of nitrogens with one attached hydrogen (secondary N) is 2. The van der Waals surface area contributed by atoms with Gasteiger partial charge in [0.2, 0.25) is 10.0 Å². The molecule has 1 fully saturated rings. The molecule has 0 heterocycles. The molecule has 0 saturated heterocycles. The number of halogens is 1. The Balaban J connectivity index is 1.93. The van der Waals surface area contributed by atoms with Crippen LogP contribution in [0.4, 0.5) is 0 Å². The zero-order chi connectivity index (χ0) is 22.2. The quantitative estimate of drug-likeness (QED) is 0.625. The summed E-state index contributed by atoms with van der Waals surface area (Å²) in [6.45, 7) is 5.27. The van der Waals surface area contributed by atoms with Crippen LogP contribution in [0.1, 0.15) is 56.0 Å². The fraction of sp³-hybridized carbons (Fsp3) is 0.409. The molecule has 162 valence electrons. The molecule has 2 N–H and O–H groups in total. The second-order valence-corrected chi connectivity index (χ2v) is 11.2. The molecule has 3 rings (SSSR count). The monoisotopic (exact) mass is 494 g/mol. The zero-order valence-corrected chi connectivity index (χ0v) is 20.0.